The summed E-state index contributed by atoms with van der Waals surface area (Å²) in [5, 5.41) is 6.34. The molecule has 0 atom stereocenters. The molecule has 1 heterocycles. The van der Waals surface area contributed by atoms with Gasteiger partial charge in [-0.25, -0.2) is 4.98 Å². The number of aromatic amines is 1. The summed E-state index contributed by atoms with van der Waals surface area (Å²) in [6.07, 6.45) is 1.64. The zero-order chi connectivity index (χ0) is 22.1. The molecule has 3 rings (SSSR count). The molecule has 174 valence electrons. The average Bonchev–Trinajstić information content (AvgIpc) is 3.18. The number of ether oxygens (including phenoxy) is 2. The number of aryl methyl sites for hydroxylation is 1. The van der Waals surface area contributed by atoms with Crippen LogP contribution in [0.15, 0.2) is 47.5 Å². The Morgan fingerprint density at radius 1 is 1.16 bits per heavy atom. The van der Waals surface area contributed by atoms with Crippen molar-refractivity contribution in [1.29, 1.82) is 0 Å². The number of H-pyrrole nitrogens is 1. The zero-order valence-corrected chi connectivity index (χ0v) is 20.4. The molecular formula is C22H28F2IN5O2. The number of hydrogen-bond donors (Lipinski definition) is 3. The number of alkyl halides is 2. The molecule has 3 aromatic rings. The smallest absolute Gasteiger partial charge is 0.387 e. The Morgan fingerprint density at radius 2 is 1.97 bits per heavy atom. The lowest BCUT2D eigenvalue weighted by Crippen LogP contribution is -2.37. The molecule has 3 N–H and O–H groups in total. The minimum Gasteiger partial charge on any atom is -0.490 e. The monoisotopic (exact) mass is 559 g/mol. The lowest BCUT2D eigenvalue weighted by Gasteiger charge is -2.17. The maximum atomic E-state index is 12.9. The van der Waals surface area contributed by atoms with Gasteiger partial charge in [0, 0.05) is 32.1 Å². The quantitative estimate of drug-likeness (QED) is 0.148. The summed E-state index contributed by atoms with van der Waals surface area (Å²) in [6.45, 7) is 0.137. The van der Waals surface area contributed by atoms with Crippen LogP contribution in [0.25, 0.3) is 11.0 Å². The summed E-state index contributed by atoms with van der Waals surface area (Å²) < 4.78 is 35.8. The second-order valence-corrected chi connectivity index (χ2v) is 6.71. The fourth-order valence-corrected chi connectivity index (χ4v) is 3.18. The molecule has 0 saturated heterocycles. The molecule has 0 saturated carbocycles. The maximum Gasteiger partial charge on any atom is 0.387 e. The van der Waals surface area contributed by atoms with Gasteiger partial charge in [-0.2, -0.15) is 8.78 Å². The summed E-state index contributed by atoms with van der Waals surface area (Å²) >= 11 is 0. The van der Waals surface area contributed by atoms with Crippen LogP contribution in [0.4, 0.5) is 8.78 Å². The maximum absolute atomic E-state index is 12.9. The highest BCUT2D eigenvalue weighted by atomic mass is 127. The summed E-state index contributed by atoms with van der Waals surface area (Å²) in [5.41, 5.74) is 2.54. The molecule has 32 heavy (non-hydrogen) atoms. The van der Waals surface area contributed by atoms with Gasteiger partial charge in [-0.05, 0) is 31.5 Å². The average molecular weight is 559 g/mol. The molecule has 0 unspecified atom stereocenters. The Morgan fingerprint density at radius 3 is 2.69 bits per heavy atom. The number of hydrogen-bond acceptors (Lipinski definition) is 4. The van der Waals surface area contributed by atoms with E-state index in [1.807, 2.05) is 24.3 Å². The van der Waals surface area contributed by atoms with Gasteiger partial charge in [0.2, 0.25) is 0 Å². The highest BCUT2D eigenvalue weighted by Gasteiger charge is 2.16. The SMILES string of the molecule is CCOc1cccc(CNC(=NC)NCCCc2nc3ccccc3[nH]2)c1OC(F)F.I. The van der Waals surface area contributed by atoms with Crippen LogP contribution in [0, 0.1) is 0 Å². The highest BCUT2D eigenvalue weighted by Crippen LogP contribution is 2.32. The molecule has 0 aliphatic heterocycles. The van der Waals surface area contributed by atoms with Crippen LogP contribution in [-0.2, 0) is 13.0 Å². The second kappa shape index (κ2) is 13.0. The molecule has 0 radical (unpaired) electrons. The first-order chi connectivity index (χ1) is 15.1. The lowest BCUT2D eigenvalue weighted by atomic mass is 10.2. The van der Waals surface area contributed by atoms with Gasteiger partial charge in [0.05, 0.1) is 17.6 Å². The van der Waals surface area contributed by atoms with E-state index >= 15 is 0 Å². The van der Waals surface area contributed by atoms with Gasteiger partial charge in [0.15, 0.2) is 17.5 Å². The third-order valence-corrected chi connectivity index (χ3v) is 4.56. The van der Waals surface area contributed by atoms with E-state index in [1.54, 1.807) is 32.2 Å². The second-order valence-electron chi connectivity index (χ2n) is 6.71. The number of guanidine groups is 1. The molecule has 10 heteroatoms. The van der Waals surface area contributed by atoms with Gasteiger partial charge in [-0.1, -0.05) is 24.3 Å². The molecule has 0 aliphatic rings. The van der Waals surface area contributed by atoms with Crippen LogP contribution in [0.1, 0.15) is 24.7 Å². The van der Waals surface area contributed by atoms with Crippen molar-refractivity contribution in [3.05, 3.63) is 53.9 Å². The van der Waals surface area contributed by atoms with Crippen molar-refractivity contribution in [1.82, 2.24) is 20.6 Å². The van der Waals surface area contributed by atoms with Crippen LogP contribution in [0.2, 0.25) is 0 Å². The number of rotatable bonds is 10. The third kappa shape index (κ3) is 7.21. The molecule has 0 fully saturated rings. The van der Waals surface area contributed by atoms with Crippen LogP contribution < -0.4 is 20.1 Å². The van der Waals surface area contributed by atoms with Gasteiger partial charge in [-0.15, -0.1) is 24.0 Å². The highest BCUT2D eigenvalue weighted by molar-refractivity contribution is 14.0. The summed E-state index contributed by atoms with van der Waals surface area (Å²) in [6, 6.07) is 13.0. The topological polar surface area (TPSA) is 83.6 Å². The third-order valence-electron chi connectivity index (χ3n) is 4.56. The van der Waals surface area contributed by atoms with Crippen LogP contribution in [0.5, 0.6) is 11.5 Å². The van der Waals surface area contributed by atoms with Crippen LogP contribution in [0.3, 0.4) is 0 Å². The molecule has 7 nitrogen and oxygen atoms in total. The van der Waals surface area contributed by atoms with Crippen molar-refractivity contribution in [3.63, 3.8) is 0 Å². The van der Waals surface area contributed by atoms with Crippen molar-refractivity contribution in [2.24, 2.45) is 4.99 Å². The molecule has 2 aromatic carbocycles. The van der Waals surface area contributed by atoms with Crippen molar-refractivity contribution in [3.8, 4) is 11.5 Å². The molecule has 1 aromatic heterocycles. The van der Waals surface area contributed by atoms with Crippen LogP contribution >= 0.6 is 24.0 Å². The molecule has 0 spiro atoms. The van der Waals surface area contributed by atoms with E-state index in [0.717, 1.165) is 29.7 Å². The number of benzene rings is 2. The van der Waals surface area contributed by atoms with Gasteiger partial charge in [-0.3, -0.25) is 4.99 Å². The van der Waals surface area contributed by atoms with Gasteiger partial charge < -0.3 is 25.1 Å². The predicted molar refractivity (Wildman–Crippen MR) is 132 cm³/mol. The molecule has 0 amide bonds. The predicted octanol–water partition coefficient (Wildman–Crippen LogP) is 4.48. The van der Waals surface area contributed by atoms with Crippen molar-refractivity contribution in [2.75, 3.05) is 20.2 Å². The summed E-state index contributed by atoms with van der Waals surface area (Å²) in [4.78, 5) is 12.1. The van der Waals surface area contributed by atoms with Gasteiger partial charge in [0.25, 0.3) is 0 Å². The van der Waals surface area contributed by atoms with E-state index in [-0.39, 0.29) is 42.0 Å². The first kappa shape index (κ1) is 25.6. The number of imidazole rings is 1. The number of nitrogens with zero attached hydrogens (tertiary/aromatic N) is 2. The standard InChI is InChI=1S/C22H27F2N5O2.HI/c1-3-30-18-11-6-8-15(20(18)31-21(23)24)14-27-22(25-2)26-13-7-12-19-28-16-9-4-5-10-17(16)29-19;/h4-6,8-11,21H,3,7,12-14H2,1-2H3,(H,28,29)(H2,25,26,27);1H. The normalized spacial score (nSPS) is 11.3. The van der Waals surface area contributed by atoms with E-state index in [0.29, 0.717) is 24.7 Å². The van der Waals surface area contributed by atoms with E-state index < -0.39 is 6.61 Å². The molecule has 0 aliphatic carbocycles. The van der Waals surface area contributed by atoms with Gasteiger partial charge >= 0.3 is 6.61 Å². The zero-order valence-electron chi connectivity index (χ0n) is 18.0. The minimum atomic E-state index is -2.93. The van der Waals surface area contributed by atoms with E-state index in [1.165, 1.54) is 0 Å². The number of aliphatic imine (C=N–C) groups is 1. The Kier molecular flexibility index (Phi) is 10.4. The number of para-hydroxylation sites is 3. The van der Waals surface area contributed by atoms with Crippen molar-refractivity contribution >= 4 is 41.0 Å². The first-order valence-electron chi connectivity index (χ1n) is 10.2. The Labute approximate surface area is 203 Å². The number of fused-ring (bicyclic) bond motifs is 1. The molecular weight excluding hydrogens is 531 g/mol. The van der Waals surface area contributed by atoms with Gasteiger partial charge in [0.1, 0.15) is 5.82 Å². The van der Waals surface area contributed by atoms with E-state index in [2.05, 4.69) is 25.6 Å². The van der Waals surface area contributed by atoms with Crippen molar-refractivity contribution in [2.45, 2.75) is 32.9 Å². The summed E-state index contributed by atoms with van der Waals surface area (Å²) in [5.74, 6) is 1.82. The van der Waals surface area contributed by atoms with Crippen LogP contribution in [-0.4, -0.2) is 42.7 Å². The van der Waals surface area contributed by atoms with E-state index in [4.69, 9.17) is 9.47 Å². The number of nitrogens with one attached hydrogen (secondary N) is 3. The largest absolute Gasteiger partial charge is 0.490 e. The Hall–Kier alpha value is -2.63. The Bertz CT molecular complexity index is 980. The fourth-order valence-electron chi connectivity index (χ4n) is 3.18. The lowest BCUT2D eigenvalue weighted by molar-refractivity contribution is -0.0520. The number of aromatic nitrogens is 2. The first-order valence-corrected chi connectivity index (χ1v) is 10.2. The minimum absolute atomic E-state index is 0. The number of halogens is 3. The fraction of sp³-hybridized carbons (Fsp3) is 0.364. The summed E-state index contributed by atoms with van der Waals surface area (Å²) in [7, 11) is 1.65. The van der Waals surface area contributed by atoms with E-state index in [9.17, 15) is 8.78 Å². The molecule has 0 bridgehead atoms. The van der Waals surface area contributed by atoms with Crippen molar-refractivity contribution < 1.29 is 18.3 Å². The Balaban J connectivity index is 0.00000363.